The molecule has 0 fully saturated rings. The zero-order valence-electron chi connectivity index (χ0n) is 28.6. The lowest BCUT2D eigenvalue weighted by atomic mass is 9.98. The van der Waals surface area contributed by atoms with Crippen molar-refractivity contribution in [3.8, 4) is 11.1 Å². The Bertz CT molecular complexity index is 1920. The van der Waals surface area contributed by atoms with E-state index in [1.165, 1.54) is 11.8 Å². The molecule has 1 amide bonds. The molecule has 1 aromatic heterocycles. The number of benzene rings is 4. The standard InChI is InChI=1S/C40H44N4O4S/c1-5-11-36-42-38-27(2)22-31(39(46)41-32(23-28-12-7-6-8-13-28)26-49-37(45)20-21-43(3)4)24-35(38)44(36)25-29-16-18-30(19-17-29)33-14-9-10-15-34(33)40(47)48/h6-10,12-19,22,24,32H,5,11,20-21,23,25-26H2,1-4H3,(H,41,46)(H,47,48)/t32-/m1/s1. The first-order valence-corrected chi connectivity index (χ1v) is 17.7. The lowest BCUT2D eigenvalue weighted by Gasteiger charge is -2.19. The van der Waals surface area contributed by atoms with Crippen LogP contribution >= 0.6 is 11.8 Å². The van der Waals surface area contributed by atoms with Crippen LogP contribution in [-0.4, -0.2) is 69.0 Å². The Kier molecular flexibility index (Phi) is 12.0. The number of rotatable bonds is 15. The van der Waals surface area contributed by atoms with Crippen molar-refractivity contribution in [1.29, 1.82) is 0 Å². The molecular formula is C40H44N4O4S. The number of hydrogen-bond donors (Lipinski definition) is 2. The van der Waals surface area contributed by atoms with Crippen molar-refractivity contribution < 1.29 is 19.5 Å². The zero-order valence-corrected chi connectivity index (χ0v) is 29.4. The second-order valence-electron chi connectivity index (χ2n) is 12.7. The number of aryl methyl sites for hydroxylation is 2. The molecule has 49 heavy (non-hydrogen) atoms. The van der Waals surface area contributed by atoms with Crippen LogP contribution < -0.4 is 5.32 Å². The van der Waals surface area contributed by atoms with E-state index in [0.717, 1.165) is 52.0 Å². The Morgan fingerprint density at radius 2 is 1.65 bits per heavy atom. The molecule has 0 bridgehead atoms. The van der Waals surface area contributed by atoms with Gasteiger partial charge in [-0.2, -0.15) is 0 Å². The molecular weight excluding hydrogens is 633 g/mol. The molecule has 5 aromatic rings. The minimum absolute atomic E-state index is 0.116. The van der Waals surface area contributed by atoms with Crippen molar-refractivity contribution in [2.75, 3.05) is 26.4 Å². The van der Waals surface area contributed by atoms with E-state index in [1.807, 2.05) is 105 Å². The number of carboxylic acids is 1. The highest BCUT2D eigenvalue weighted by Gasteiger charge is 2.20. The summed E-state index contributed by atoms with van der Waals surface area (Å²) < 4.78 is 2.18. The van der Waals surface area contributed by atoms with Gasteiger partial charge in [0, 0.05) is 43.3 Å². The molecule has 5 rings (SSSR count). The van der Waals surface area contributed by atoms with Gasteiger partial charge >= 0.3 is 5.97 Å². The summed E-state index contributed by atoms with van der Waals surface area (Å²) in [6.07, 6.45) is 2.79. The van der Waals surface area contributed by atoms with Gasteiger partial charge in [-0.05, 0) is 79.9 Å². The van der Waals surface area contributed by atoms with Gasteiger partial charge in [-0.1, -0.05) is 91.5 Å². The largest absolute Gasteiger partial charge is 0.478 e. The van der Waals surface area contributed by atoms with Crippen LogP contribution in [-0.2, 0) is 24.2 Å². The predicted octanol–water partition coefficient (Wildman–Crippen LogP) is 7.26. The predicted molar refractivity (Wildman–Crippen MR) is 198 cm³/mol. The number of carbonyl (C=O) groups is 3. The number of imidazole rings is 1. The maximum atomic E-state index is 13.9. The molecule has 9 heteroatoms. The van der Waals surface area contributed by atoms with Gasteiger partial charge < -0.3 is 19.9 Å². The van der Waals surface area contributed by atoms with E-state index in [9.17, 15) is 19.5 Å². The third kappa shape index (κ3) is 9.25. The van der Waals surface area contributed by atoms with E-state index in [0.29, 0.717) is 42.8 Å². The fraction of sp³-hybridized carbons (Fsp3) is 0.300. The van der Waals surface area contributed by atoms with Crippen LogP contribution in [0.5, 0.6) is 0 Å². The maximum absolute atomic E-state index is 13.9. The fourth-order valence-corrected chi connectivity index (χ4v) is 6.78. The number of nitrogens with zero attached hydrogens (tertiary/aromatic N) is 3. The van der Waals surface area contributed by atoms with E-state index >= 15 is 0 Å². The molecule has 0 aliphatic rings. The van der Waals surface area contributed by atoms with Crippen molar-refractivity contribution in [2.24, 2.45) is 0 Å². The topological polar surface area (TPSA) is 105 Å². The summed E-state index contributed by atoms with van der Waals surface area (Å²) in [7, 11) is 3.90. The average molecular weight is 677 g/mol. The van der Waals surface area contributed by atoms with Gasteiger partial charge in [-0.25, -0.2) is 9.78 Å². The SMILES string of the molecule is CCCc1nc2c(C)cc(C(=O)N[C@@H](CSC(=O)CCN(C)C)Cc3ccccc3)cc2n1Cc1ccc(-c2ccccc2C(=O)O)cc1. The van der Waals surface area contributed by atoms with Crippen LogP contribution in [0.2, 0.25) is 0 Å². The first kappa shape index (κ1) is 35.6. The van der Waals surface area contributed by atoms with Gasteiger partial charge in [-0.15, -0.1) is 0 Å². The number of nitrogens with one attached hydrogen (secondary N) is 1. The van der Waals surface area contributed by atoms with Crippen LogP contribution in [0.1, 0.15) is 63.0 Å². The van der Waals surface area contributed by atoms with Crippen LogP contribution in [0.25, 0.3) is 22.2 Å². The molecule has 0 aliphatic carbocycles. The summed E-state index contributed by atoms with van der Waals surface area (Å²) in [5.74, 6) is 0.300. The average Bonchev–Trinajstić information content (AvgIpc) is 3.44. The maximum Gasteiger partial charge on any atom is 0.336 e. The quantitative estimate of drug-likeness (QED) is 0.120. The van der Waals surface area contributed by atoms with Crippen LogP contribution in [0.15, 0.2) is 91.0 Å². The van der Waals surface area contributed by atoms with E-state index in [2.05, 4.69) is 16.8 Å². The van der Waals surface area contributed by atoms with Gasteiger partial charge in [0.2, 0.25) is 0 Å². The monoisotopic (exact) mass is 676 g/mol. The number of aromatic carboxylic acids is 1. The molecule has 0 radical (unpaired) electrons. The summed E-state index contributed by atoms with van der Waals surface area (Å²) in [5.41, 5.74) is 7.15. The van der Waals surface area contributed by atoms with Crippen LogP contribution in [0, 0.1) is 6.92 Å². The number of hydrogen-bond acceptors (Lipinski definition) is 6. The Morgan fingerprint density at radius 1 is 0.939 bits per heavy atom. The third-order valence-corrected chi connectivity index (χ3v) is 9.59. The number of carboxylic acid groups (broad SMARTS) is 1. The van der Waals surface area contributed by atoms with E-state index < -0.39 is 5.97 Å². The fourth-order valence-electron chi connectivity index (χ4n) is 5.96. The first-order chi connectivity index (χ1) is 23.6. The number of aromatic nitrogens is 2. The van der Waals surface area contributed by atoms with Gasteiger partial charge in [0.15, 0.2) is 5.12 Å². The Balaban J connectivity index is 1.41. The summed E-state index contributed by atoms with van der Waals surface area (Å²) in [5, 5.41) is 13.0. The Labute approximate surface area is 292 Å². The van der Waals surface area contributed by atoms with Crippen molar-refractivity contribution >= 4 is 39.8 Å². The number of carbonyl (C=O) groups excluding carboxylic acids is 2. The van der Waals surface area contributed by atoms with Gasteiger partial charge in [-0.3, -0.25) is 9.59 Å². The molecule has 8 nitrogen and oxygen atoms in total. The number of fused-ring (bicyclic) bond motifs is 1. The summed E-state index contributed by atoms with van der Waals surface area (Å²) in [6.45, 7) is 5.36. The second kappa shape index (κ2) is 16.6. The van der Waals surface area contributed by atoms with E-state index in [1.54, 1.807) is 12.1 Å². The zero-order chi connectivity index (χ0) is 34.9. The van der Waals surface area contributed by atoms with Crippen molar-refractivity contribution in [3.05, 3.63) is 125 Å². The summed E-state index contributed by atoms with van der Waals surface area (Å²) in [6, 6.07) is 28.6. The molecule has 0 saturated heterocycles. The van der Waals surface area contributed by atoms with Gasteiger partial charge in [0.1, 0.15) is 5.82 Å². The molecule has 0 unspecified atom stereocenters. The van der Waals surface area contributed by atoms with E-state index in [-0.39, 0.29) is 22.6 Å². The molecule has 254 valence electrons. The van der Waals surface area contributed by atoms with Crippen molar-refractivity contribution in [3.63, 3.8) is 0 Å². The molecule has 1 atom stereocenters. The highest BCUT2D eigenvalue weighted by molar-refractivity contribution is 8.13. The van der Waals surface area contributed by atoms with Gasteiger partial charge in [0.25, 0.3) is 5.91 Å². The minimum Gasteiger partial charge on any atom is -0.478 e. The molecule has 4 aromatic carbocycles. The van der Waals surface area contributed by atoms with Crippen molar-refractivity contribution in [2.45, 2.75) is 52.1 Å². The Hall–Kier alpha value is -4.73. The normalized spacial score (nSPS) is 11.9. The minimum atomic E-state index is -0.956. The molecule has 0 spiro atoms. The smallest absolute Gasteiger partial charge is 0.336 e. The van der Waals surface area contributed by atoms with E-state index in [4.69, 9.17) is 4.98 Å². The van der Waals surface area contributed by atoms with Crippen molar-refractivity contribution in [1.82, 2.24) is 19.8 Å². The molecule has 0 saturated carbocycles. The van der Waals surface area contributed by atoms with Gasteiger partial charge in [0.05, 0.1) is 16.6 Å². The molecule has 0 aliphatic heterocycles. The lowest BCUT2D eigenvalue weighted by Crippen LogP contribution is -2.38. The lowest BCUT2D eigenvalue weighted by molar-refractivity contribution is -0.111. The second-order valence-corrected chi connectivity index (χ2v) is 13.7. The first-order valence-electron chi connectivity index (χ1n) is 16.7. The highest BCUT2D eigenvalue weighted by atomic mass is 32.2. The third-order valence-electron chi connectivity index (χ3n) is 8.49. The molecule has 2 N–H and O–H groups in total. The summed E-state index contributed by atoms with van der Waals surface area (Å²) in [4.78, 5) is 45.3. The Morgan fingerprint density at radius 3 is 2.35 bits per heavy atom. The summed E-state index contributed by atoms with van der Waals surface area (Å²) >= 11 is 1.28. The highest BCUT2D eigenvalue weighted by Crippen LogP contribution is 2.27. The van der Waals surface area contributed by atoms with Crippen LogP contribution in [0.4, 0.5) is 0 Å². The molecule has 1 heterocycles. The van der Waals surface area contributed by atoms with Crippen LogP contribution in [0.3, 0.4) is 0 Å². The number of amides is 1. The number of thioether (sulfide) groups is 1.